The fourth-order valence-corrected chi connectivity index (χ4v) is 4.72. The van der Waals surface area contributed by atoms with Crippen LogP contribution in [0.4, 0.5) is 5.82 Å². The second-order valence-electron chi connectivity index (χ2n) is 6.50. The molecule has 0 fully saturated rings. The average Bonchev–Trinajstić information content (AvgIpc) is 2.90. The van der Waals surface area contributed by atoms with Gasteiger partial charge in [-0.15, -0.1) is 0 Å². The van der Waals surface area contributed by atoms with E-state index in [1.165, 1.54) is 21.6 Å². The minimum Gasteiger partial charge on any atom is -0.261 e. The van der Waals surface area contributed by atoms with Crippen molar-refractivity contribution in [1.82, 2.24) is 9.29 Å². The molecule has 3 rings (SSSR count). The number of sulfonamides is 1. The summed E-state index contributed by atoms with van der Waals surface area (Å²) in [5, 5.41) is 4.56. The van der Waals surface area contributed by atoms with Crippen LogP contribution in [0.1, 0.15) is 44.2 Å². The van der Waals surface area contributed by atoms with Gasteiger partial charge in [-0.25, -0.2) is 13.4 Å². The van der Waals surface area contributed by atoms with Crippen molar-refractivity contribution in [1.29, 1.82) is 0 Å². The van der Waals surface area contributed by atoms with Crippen LogP contribution in [0, 0.1) is 0 Å². The normalized spacial score (nSPS) is 16.2. The van der Waals surface area contributed by atoms with Crippen molar-refractivity contribution in [3.8, 4) is 0 Å². The number of hydrogen-bond donors (Lipinski definition) is 1. The molecule has 1 aliphatic carbocycles. The molecule has 1 heterocycles. The second kappa shape index (κ2) is 8.63. The van der Waals surface area contributed by atoms with Crippen molar-refractivity contribution < 1.29 is 8.42 Å². The molecule has 7 heteroatoms. The Hall–Kier alpha value is -2.25. The summed E-state index contributed by atoms with van der Waals surface area (Å²) in [5.74, 6) is 0.530. The fraction of sp³-hybridized carbons (Fsp3) is 0.400. The maximum atomic E-state index is 12.5. The van der Waals surface area contributed by atoms with Crippen molar-refractivity contribution >= 4 is 21.6 Å². The van der Waals surface area contributed by atoms with Gasteiger partial charge in [-0.2, -0.15) is 9.41 Å². The number of pyridine rings is 1. The maximum absolute atomic E-state index is 12.5. The summed E-state index contributed by atoms with van der Waals surface area (Å²) in [6, 6.07) is 11.6. The van der Waals surface area contributed by atoms with Crippen molar-refractivity contribution in [2.24, 2.45) is 5.10 Å². The minimum absolute atomic E-state index is 0.198. The third-order valence-corrected chi connectivity index (χ3v) is 6.86. The molecular weight excluding hydrogens is 360 g/mol. The zero-order chi connectivity index (χ0) is 19.3. The Morgan fingerprint density at radius 1 is 1.07 bits per heavy atom. The predicted octanol–water partition coefficient (Wildman–Crippen LogP) is 3.65. The van der Waals surface area contributed by atoms with Gasteiger partial charge < -0.3 is 0 Å². The van der Waals surface area contributed by atoms with Crippen LogP contribution < -0.4 is 5.43 Å². The van der Waals surface area contributed by atoms with Crippen molar-refractivity contribution in [3.63, 3.8) is 0 Å². The molecule has 6 nitrogen and oxygen atoms in total. The van der Waals surface area contributed by atoms with Gasteiger partial charge in [0.25, 0.3) is 0 Å². The quantitative estimate of drug-likeness (QED) is 0.607. The number of anilines is 1. The van der Waals surface area contributed by atoms with E-state index in [9.17, 15) is 8.42 Å². The van der Waals surface area contributed by atoms with Crippen LogP contribution in [0.25, 0.3) is 0 Å². The van der Waals surface area contributed by atoms with Crippen LogP contribution in [-0.4, -0.2) is 36.5 Å². The number of rotatable bonds is 6. The molecule has 0 radical (unpaired) electrons. The van der Waals surface area contributed by atoms with Crippen molar-refractivity contribution in [2.75, 3.05) is 18.5 Å². The standard InChI is InChI=1S/C20H26N4O2S/c1-3-24(4-2)27(25,26)17-13-14-20(21-15-17)23-22-19-12-8-6-10-16-9-5-7-11-18(16)19/h5,7,9,11,13-15H,3-4,6,8,10,12H2,1-2H3,(H,21,23)/b22-19-. The Labute approximate surface area is 161 Å². The molecule has 0 amide bonds. The van der Waals surface area contributed by atoms with Crippen LogP contribution in [0.5, 0.6) is 0 Å². The summed E-state index contributed by atoms with van der Waals surface area (Å²) < 4.78 is 26.5. The Bertz CT molecular complexity index is 904. The topological polar surface area (TPSA) is 74.7 Å². The summed E-state index contributed by atoms with van der Waals surface area (Å²) in [5.41, 5.74) is 6.51. The molecule has 2 aromatic rings. The van der Waals surface area contributed by atoms with E-state index >= 15 is 0 Å². The number of nitrogens with zero attached hydrogens (tertiary/aromatic N) is 3. The molecular formula is C20H26N4O2S. The third kappa shape index (κ3) is 4.36. The number of hydrazone groups is 1. The van der Waals surface area contributed by atoms with Crippen molar-refractivity contribution in [3.05, 3.63) is 53.7 Å². The molecule has 1 aliphatic rings. The van der Waals surface area contributed by atoms with Gasteiger partial charge in [-0.3, -0.25) is 5.43 Å². The first-order valence-electron chi connectivity index (χ1n) is 9.43. The minimum atomic E-state index is -3.49. The largest absolute Gasteiger partial charge is 0.261 e. The lowest BCUT2D eigenvalue weighted by Gasteiger charge is -2.18. The molecule has 1 aromatic carbocycles. The van der Waals surface area contributed by atoms with Gasteiger partial charge in [-0.1, -0.05) is 38.1 Å². The van der Waals surface area contributed by atoms with Gasteiger partial charge in [0.2, 0.25) is 10.0 Å². The van der Waals surface area contributed by atoms with Crippen LogP contribution in [0.2, 0.25) is 0 Å². The van der Waals surface area contributed by atoms with E-state index in [4.69, 9.17) is 0 Å². The molecule has 144 valence electrons. The van der Waals surface area contributed by atoms with Gasteiger partial charge >= 0.3 is 0 Å². The number of aryl methyl sites for hydroxylation is 1. The number of hydrogen-bond acceptors (Lipinski definition) is 5. The monoisotopic (exact) mass is 386 g/mol. The first-order chi connectivity index (χ1) is 13.1. The van der Waals surface area contributed by atoms with E-state index in [0.717, 1.165) is 31.4 Å². The Morgan fingerprint density at radius 2 is 1.81 bits per heavy atom. The molecule has 1 aromatic heterocycles. The number of fused-ring (bicyclic) bond motifs is 1. The van der Waals surface area contributed by atoms with Gasteiger partial charge in [0.1, 0.15) is 10.7 Å². The molecule has 0 spiro atoms. The molecule has 27 heavy (non-hydrogen) atoms. The number of aromatic nitrogens is 1. The van der Waals surface area contributed by atoms with Crippen LogP contribution in [-0.2, 0) is 16.4 Å². The summed E-state index contributed by atoms with van der Waals surface area (Å²) in [6.07, 6.45) is 5.64. The molecule has 0 saturated carbocycles. The Kier molecular flexibility index (Phi) is 6.23. The highest BCUT2D eigenvalue weighted by Gasteiger charge is 2.21. The van der Waals surface area contributed by atoms with E-state index in [1.54, 1.807) is 12.1 Å². The van der Waals surface area contributed by atoms with E-state index in [2.05, 4.69) is 33.7 Å². The van der Waals surface area contributed by atoms with E-state index < -0.39 is 10.0 Å². The third-order valence-electron chi connectivity index (χ3n) is 4.82. The van der Waals surface area contributed by atoms with Gasteiger partial charge in [-0.05, 0) is 43.4 Å². The number of benzene rings is 1. The first kappa shape index (κ1) is 19.5. The summed E-state index contributed by atoms with van der Waals surface area (Å²) in [4.78, 5) is 4.43. The fourth-order valence-electron chi connectivity index (χ4n) is 3.31. The Balaban J connectivity index is 1.79. The Morgan fingerprint density at radius 3 is 2.52 bits per heavy atom. The lowest BCUT2D eigenvalue weighted by Crippen LogP contribution is -2.30. The summed E-state index contributed by atoms with van der Waals surface area (Å²) in [7, 11) is -3.49. The molecule has 0 unspecified atom stereocenters. The zero-order valence-corrected chi connectivity index (χ0v) is 16.7. The molecule has 0 atom stereocenters. The van der Waals surface area contributed by atoms with E-state index in [-0.39, 0.29) is 4.90 Å². The molecule has 0 aliphatic heterocycles. The number of nitrogens with one attached hydrogen (secondary N) is 1. The highest BCUT2D eigenvalue weighted by Crippen LogP contribution is 2.21. The van der Waals surface area contributed by atoms with Gasteiger partial charge in [0, 0.05) is 24.8 Å². The van der Waals surface area contributed by atoms with Gasteiger partial charge in [0.05, 0.1) is 5.71 Å². The highest BCUT2D eigenvalue weighted by molar-refractivity contribution is 7.89. The summed E-state index contributed by atoms with van der Waals surface area (Å²) >= 11 is 0. The lowest BCUT2D eigenvalue weighted by atomic mass is 10.0. The van der Waals surface area contributed by atoms with E-state index in [0.29, 0.717) is 18.9 Å². The van der Waals surface area contributed by atoms with Gasteiger partial charge in [0.15, 0.2) is 0 Å². The van der Waals surface area contributed by atoms with Crippen LogP contribution in [0.3, 0.4) is 0 Å². The highest BCUT2D eigenvalue weighted by atomic mass is 32.2. The summed E-state index contributed by atoms with van der Waals surface area (Å²) in [6.45, 7) is 4.52. The van der Waals surface area contributed by atoms with E-state index in [1.807, 2.05) is 19.9 Å². The molecule has 0 bridgehead atoms. The smallest absolute Gasteiger partial charge is 0.244 e. The first-order valence-corrected chi connectivity index (χ1v) is 10.9. The predicted molar refractivity (Wildman–Crippen MR) is 109 cm³/mol. The van der Waals surface area contributed by atoms with Crippen molar-refractivity contribution in [2.45, 2.75) is 44.4 Å². The zero-order valence-electron chi connectivity index (χ0n) is 15.9. The second-order valence-corrected chi connectivity index (χ2v) is 8.44. The van der Waals surface area contributed by atoms with Crippen LogP contribution >= 0.6 is 0 Å². The molecule has 1 N–H and O–H groups in total. The lowest BCUT2D eigenvalue weighted by molar-refractivity contribution is 0.445. The average molecular weight is 387 g/mol. The van der Waals surface area contributed by atoms with Crippen LogP contribution in [0.15, 0.2) is 52.6 Å². The SMILES string of the molecule is CCN(CC)S(=O)(=O)c1ccc(N/N=C2/CCCCc3ccccc32)nc1. The molecule has 0 saturated heterocycles. The maximum Gasteiger partial charge on any atom is 0.244 e.